The zero-order chi connectivity index (χ0) is 21.3. The van der Waals surface area contributed by atoms with Crippen LogP contribution in [0.5, 0.6) is 0 Å². The number of anilines is 1. The Morgan fingerprint density at radius 1 is 1.10 bits per heavy atom. The fourth-order valence-electron chi connectivity index (χ4n) is 3.88. The Kier molecular flexibility index (Phi) is 6.66. The van der Waals surface area contributed by atoms with E-state index in [1.54, 1.807) is 6.92 Å². The highest BCUT2D eigenvalue weighted by atomic mass is 32.1. The molecule has 2 aliphatic carbocycles. The third-order valence-electron chi connectivity index (χ3n) is 6.46. The van der Waals surface area contributed by atoms with E-state index < -0.39 is 12.1 Å². The summed E-state index contributed by atoms with van der Waals surface area (Å²) >= 11 is 1.37. The van der Waals surface area contributed by atoms with Crippen LogP contribution < -0.4 is 10.6 Å². The molecule has 2 fully saturated rings. The number of hydrogen-bond acceptors (Lipinski definition) is 5. The molecule has 0 spiro atoms. The molecule has 2 aliphatic rings. The first-order chi connectivity index (χ1) is 13.7. The van der Waals surface area contributed by atoms with Gasteiger partial charge in [0.2, 0.25) is 5.91 Å². The van der Waals surface area contributed by atoms with Crippen LogP contribution in [0.15, 0.2) is 0 Å². The molecule has 0 unspecified atom stereocenters. The van der Waals surface area contributed by atoms with Gasteiger partial charge in [-0.2, -0.15) is 0 Å². The van der Waals surface area contributed by atoms with Crippen molar-refractivity contribution in [1.29, 1.82) is 0 Å². The number of nitrogens with one attached hydrogen (secondary N) is 2. The van der Waals surface area contributed by atoms with E-state index in [1.807, 2.05) is 13.8 Å². The zero-order valence-corrected chi connectivity index (χ0v) is 18.8. The van der Waals surface area contributed by atoms with Crippen LogP contribution in [0, 0.1) is 31.6 Å². The molecule has 2 N–H and O–H groups in total. The summed E-state index contributed by atoms with van der Waals surface area (Å²) in [6.07, 6.45) is 4.14. The smallest absolute Gasteiger partial charge is 0.342 e. The quantitative estimate of drug-likeness (QED) is 0.676. The molecule has 6 nitrogen and oxygen atoms in total. The van der Waals surface area contributed by atoms with Crippen molar-refractivity contribution >= 4 is 34.1 Å². The first-order valence-electron chi connectivity index (χ1n) is 10.6. The van der Waals surface area contributed by atoms with Gasteiger partial charge in [-0.25, -0.2) is 4.79 Å². The summed E-state index contributed by atoms with van der Waals surface area (Å²) in [7, 11) is 0. The van der Waals surface area contributed by atoms with Crippen LogP contribution in [0.2, 0.25) is 0 Å². The fourth-order valence-corrected chi connectivity index (χ4v) is 4.93. The number of amides is 2. The molecule has 0 saturated heterocycles. The Balaban J connectivity index is 1.64. The number of rotatable bonds is 6. The molecule has 0 aromatic carbocycles. The average Bonchev–Trinajstić information content (AvgIpc) is 3.46. The molecule has 0 aliphatic heterocycles. The zero-order valence-electron chi connectivity index (χ0n) is 18.0. The highest BCUT2D eigenvalue weighted by Gasteiger charge is 2.33. The van der Waals surface area contributed by atoms with Gasteiger partial charge in [0.15, 0.2) is 6.10 Å². The van der Waals surface area contributed by atoms with E-state index in [0.29, 0.717) is 22.4 Å². The number of carbonyl (C=O) groups excluding carboxylic acids is 3. The SMILES string of the molecule is Cc1sc(NC(=O)C2CC2)c(C(=O)O[C@H](C)C(=O)N[C@H]2CCC[C@H](C)[C@@H]2C)c1C. The van der Waals surface area contributed by atoms with Crippen molar-refractivity contribution in [3.63, 3.8) is 0 Å². The second kappa shape index (κ2) is 8.86. The fraction of sp³-hybridized carbons (Fsp3) is 0.682. The van der Waals surface area contributed by atoms with E-state index in [4.69, 9.17) is 4.74 Å². The average molecular weight is 421 g/mol. The lowest BCUT2D eigenvalue weighted by molar-refractivity contribution is -0.130. The van der Waals surface area contributed by atoms with E-state index >= 15 is 0 Å². The summed E-state index contributed by atoms with van der Waals surface area (Å²) in [5, 5.41) is 6.45. The molecule has 1 aromatic rings. The summed E-state index contributed by atoms with van der Waals surface area (Å²) in [5.41, 5.74) is 1.15. The molecule has 7 heteroatoms. The number of carbonyl (C=O) groups is 3. The Morgan fingerprint density at radius 2 is 1.79 bits per heavy atom. The van der Waals surface area contributed by atoms with E-state index in [0.717, 1.165) is 36.1 Å². The lowest BCUT2D eigenvalue weighted by Gasteiger charge is -2.35. The largest absolute Gasteiger partial charge is 0.449 e. The normalized spacial score (nSPS) is 25.2. The predicted molar refractivity (Wildman–Crippen MR) is 114 cm³/mol. The number of aryl methyl sites for hydroxylation is 1. The van der Waals surface area contributed by atoms with Crippen LogP contribution in [0.25, 0.3) is 0 Å². The minimum Gasteiger partial charge on any atom is -0.449 e. The Morgan fingerprint density at radius 3 is 2.45 bits per heavy atom. The maximum absolute atomic E-state index is 12.8. The molecule has 2 saturated carbocycles. The minimum atomic E-state index is -0.890. The molecule has 1 aromatic heterocycles. The van der Waals surface area contributed by atoms with Crippen molar-refractivity contribution in [2.24, 2.45) is 17.8 Å². The minimum absolute atomic E-state index is 0.0474. The Bertz CT molecular complexity index is 799. The first kappa shape index (κ1) is 21.8. The van der Waals surface area contributed by atoms with Gasteiger partial charge in [0.1, 0.15) is 5.00 Å². The van der Waals surface area contributed by atoms with E-state index in [2.05, 4.69) is 24.5 Å². The second-order valence-electron chi connectivity index (χ2n) is 8.68. The topological polar surface area (TPSA) is 84.5 Å². The maximum Gasteiger partial charge on any atom is 0.342 e. The molecule has 0 radical (unpaired) electrons. The highest BCUT2D eigenvalue weighted by molar-refractivity contribution is 7.16. The van der Waals surface area contributed by atoms with Gasteiger partial charge in [0.05, 0.1) is 5.56 Å². The van der Waals surface area contributed by atoms with Gasteiger partial charge >= 0.3 is 5.97 Å². The van der Waals surface area contributed by atoms with E-state index in [-0.39, 0.29) is 23.8 Å². The van der Waals surface area contributed by atoms with Crippen LogP contribution in [-0.4, -0.2) is 29.9 Å². The summed E-state index contributed by atoms with van der Waals surface area (Å²) < 4.78 is 5.50. The van der Waals surface area contributed by atoms with Gasteiger partial charge in [0, 0.05) is 16.8 Å². The Hall–Kier alpha value is -1.89. The van der Waals surface area contributed by atoms with Crippen molar-refractivity contribution in [3.8, 4) is 0 Å². The third kappa shape index (κ3) is 5.00. The Labute approximate surface area is 176 Å². The monoisotopic (exact) mass is 420 g/mol. The van der Waals surface area contributed by atoms with Gasteiger partial charge in [-0.1, -0.05) is 26.7 Å². The van der Waals surface area contributed by atoms with Crippen LogP contribution in [-0.2, 0) is 14.3 Å². The molecule has 29 heavy (non-hydrogen) atoms. The second-order valence-corrected chi connectivity index (χ2v) is 9.91. The van der Waals surface area contributed by atoms with E-state index in [9.17, 15) is 14.4 Å². The van der Waals surface area contributed by atoms with Crippen molar-refractivity contribution in [3.05, 3.63) is 16.0 Å². The van der Waals surface area contributed by atoms with Crippen molar-refractivity contribution < 1.29 is 19.1 Å². The summed E-state index contributed by atoms with van der Waals surface area (Å²) in [5.74, 6) is 0.142. The molecule has 3 rings (SSSR count). The number of ether oxygens (including phenoxy) is 1. The molecular formula is C22H32N2O4S. The van der Waals surface area contributed by atoms with Gasteiger partial charge in [0.25, 0.3) is 5.91 Å². The summed E-state index contributed by atoms with van der Waals surface area (Å²) in [4.78, 5) is 38.6. The third-order valence-corrected chi connectivity index (χ3v) is 7.58. The standard InChI is InChI=1S/C22H32N2O4S/c1-11-7-6-8-17(12(11)2)23-19(25)14(4)28-22(27)18-13(3)15(5)29-21(18)24-20(26)16-9-10-16/h11-12,14,16-17H,6-10H2,1-5H3,(H,23,25)(H,24,26)/t11-,12-,14+,17-/m0/s1. The van der Waals surface area contributed by atoms with Crippen LogP contribution in [0.4, 0.5) is 5.00 Å². The highest BCUT2D eigenvalue weighted by Crippen LogP contribution is 2.36. The predicted octanol–water partition coefficient (Wildman–Crippen LogP) is 4.20. The van der Waals surface area contributed by atoms with E-state index in [1.165, 1.54) is 17.8 Å². The lowest BCUT2D eigenvalue weighted by Crippen LogP contribution is -2.47. The maximum atomic E-state index is 12.8. The van der Waals surface area contributed by atoms with Gasteiger partial charge < -0.3 is 15.4 Å². The summed E-state index contributed by atoms with van der Waals surface area (Å²) in [6.45, 7) is 9.72. The van der Waals surface area contributed by atoms with Crippen LogP contribution in [0.1, 0.15) is 73.7 Å². The molecule has 2 amide bonds. The van der Waals surface area contributed by atoms with Crippen LogP contribution >= 0.6 is 11.3 Å². The van der Waals surface area contributed by atoms with Crippen LogP contribution in [0.3, 0.4) is 0 Å². The molecular weight excluding hydrogens is 388 g/mol. The molecule has 1 heterocycles. The number of thiophene rings is 1. The number of esters is 1. The van der Waals surface area contributed by atoms with Crippen molar-refractivity contribution in [2.45, 2.75) is 78.9 Å². The van der Waals surface area contributed by atoms with Crippen molar-refractivity contribution in [1.82, 2.24) is 5.32 Å². The van der Waals surface area contributed by atoms with Crippen molar-refractivity contribution in [2.75, 3.05) is 5.32 Å². The lowest BCUT2D eigenvalue weighted by atomic mass is 9.78. The van der Waals surface area contributed by atoms with Gasteiger partial charge in [-0.3, -0.25) is 9.59 Å². The molecule has 4 atom stereocenters. The number of hydrogen-bond donors (Lipinski definition) is 2. The van der Waals surface area contributed by atoms with Gasteiger partial charge in [-0.15, -0.1) is 11.3 Å². The summed E-state index contributed by atoms with van der Waals surface area (Å²) in [6, 6.07) is 0.117. The first-order valence-corrected chi connectivity index (χ1v) is 11.4. The molecule has 0 bridgehead atoms. The molecule has 160 valence electrons. The van der Waals surface area contributed by atoms with Gasteiger partial charge in [-0.05, 0) is 57.4 Å².